The van der Waals surface area contributed by atoms with Gasteiger partial charge in [-0.05, 0) is 35.7 Å². The van der Waals surface area contributed by atoms with Crippen molar-refractivity contribution < 1.29 is 18.7 Å². The topological polar surface area (TPSA) is 97.6 Å². The van der Waals surface area contributed by atoms with Crippen molar-refractivity contribution in [2.75, 3.05) is 23.4 Å². The summed E-state index contributed by atoms with van der Waals surface area (Å²) < 4.78 is 11.1. The lowest BCUT2D eigenvalue weighted by Gasteiger charge is -2.15. The highest BCUT2D eigenvalue weighted by Gasteiger charge is 2.35. The van der Waals surface area contributed by atoms with Gasteiger partial charge in [0.25, 0.3) is 5.91 Å². The number of carbonyl (C=O) groups is 2. The normalized spacial score (nSPS) is 16.0. The lowest BCUT2D eigenvalue weighted by molar-refractivity contribution is -0.118. The van der Waals surface area contributed by atoms with E-state index in [1.54, 1.807) is 4.90 Å². The van der Waals surface area contributed by atoms with Gasteiger partial charge in [0.15, 0.2) is 6.61 Å². The number of carbonyl (C=O) groups excluding carboxylic acids is 2. The van der Waals surface area contributed by atoms with E-state index >= 15 is 0 Å². The van der Waals surface area contributed by atoms with Crippen molar-refractivity contribution in [2.45, 2.75) is 32.1 Å². The molecule has 1 aliphatic heterocycles. The average molecular weight is 420 g/mol. The van der Waals surface area contributed by atoms with Gasteiger partial charge in [0.05, 0.1) is 5.92 Å². The zero-order valence-corrected chi connectivity index (χ0v) is 17.4. The molecule has 0 unspecified atom stereocenters. The Kier molecular flexibility index (Phi) is 5.97. The maximum atomic E-state index is 12.4. The van der Waals surface area contributed by atoms with Crippen molar-refractivity contribution in [1.29, 1.82) is 0 Å². The van der Waals surface area contributed by atoms with Crippen LogP contribution in [0.4, 0.5) is 11.7 Å². The van der Waals surface area contributed by atoms with Crippen LogP contribution < -0.4 is 15.0 Å². The highest BCUT2D eigenvalue weighted by Crippen LogP contribution is 2.31. The molecule has 0 spiro atoms. The van der Waals surface area contributed by atoms with Crippen LogP contribution in [-0.2, 0) is 9.59 Å². The smallest absolute Gasteiger partial charge is 0.322 e. The Hall–Kier alpha value is -3.68. The van der Waals surface area contributed by atoms with Crippen molar-refractivity contribution in [3.8, 4) is 5.75 Å². The minimum absolute atomic E-state index is 0.00290. The molecule has 0 bridgehead atoms. The molecule has 1 atom stereocenters. The van der Waals surface area contributed by atoms with E-state index in [4.69, 9.17) is 9.15 Å². The lowest BCUT2D eigenvalue weighted by atomic mass is 10.0. The number of rotatable bonds is 7. The molecule has 1 fully saturated rings. The summed E-state index contributed by atoms with van der Waals surface area (Å²) in [6.45, 7) is 4.50. The summed E-state index contributed by atoms with van der Waals surface area (Å²) in [5.41, 5.74) is 2.04. The molecule has 2 aromatic carbocycles. The Bertz CT molecular complexity index is 1050. The van der Waals surface area contributed by atoms with Gasteiger partial charge in [-0.25, -0.2) is 0 Å². The van der Waals surface area contributed by atoms with E-state index in [9.17, 15) is 9.59 Å². The number of ether oxygens (including phenoxy) is 1. The van der Waals surface area contributed by atoms with E-state index < -0.39 is 5.91 Å². The number of nitrogens with zero attached hydrogens (tertiary/aromatic N) is 3. The first-order valence-electron chi connectivity index (χ1n) is 10.2. The molecule has 160 valence electrons. The van der Waals surface area contributed by atoms with Gasteiger partial charge < -0.3 is 14.1 Å². The second kappa shape index (κ2) is 8.99. The first-order chi connectivity index (χ1) is 15.0. The van der Waals surface area contributed by atoms with Crippen LogP contribution in [0.25, 0.3) is 0 Å². The van der Waals surface area contributed by atoms with Crippen molar-refractivity contribution in [3.63, 3.8) is 0 Å². The SMILES string of the molecule is CC(C)c1ccc(OCC(=O)Nc2nnc([C@H]3CC(=O)N(c4ccccc4)C3)o2)cc1. The second-order valence-electron chi connectivity index (χ2n) is 7.75. The van der Waals surface area contributed by atoms with Gasteiger partial charge in [0, 0.05) is 18.7 Å². The van der Waals surface area contributed by atoms with Crippen LogP contribution in [0, 0.1) is 0 Å². The van der Waals surface area contributed by atoms with Gasteiger partial charge in [-0.1, -0.05) is 49.3 Å². The highest BCUT2D eigenvalue weighted by molar-refractivity contribution is 5.96. The molecule has 2 amide bonds. The molecule has 31 heavy (non-hydrogen) atoms. The fraction of sp³-hybridized carbons (Fsp3) is 0.304. The molecule has 0 saturated carbocycles. The Morgan fingerprint density at radius 3 is 2.61 bits per heavy atom. The van der Waals surface area contributed by atoms with Gasteiger partial charge in [-0.15, -0.1) is 5.10 Å². The minimum atomic E-state index is -0.406. The van der Waals surface area contributed by atoms with Crippen molar-refractivity contribution >= 4 is 23.5 Å². The molecule has 2 heterocycles. The standard InChI is InChI=1S/C23H24N4O4/c1-15(2)16-8-10-19(11-9-16)30-14-20(28)24-23-26-25-22(31-23)17-12-21(29)27(13-17)18-6-4-3-5-7-18/h3-11,15,17H,12-14H2,1-2H3,(H,24,26,28)/t17-/m0/s1. The van der Waals surface area contributed by atoms with Gasteiger partial charge >= 0.3 is 6.01 Å². The van der Waals surface area contributed by atoms with Gasteiger partial charge in [-0.3, -0.25) is 14.9 Å². The highest BCUT2D eigenvalue weighted by atomic mass is 16.5. The van der Waals surface area contributed by atoms with Crippen LogP contribution in [0.3, 0.4) is 0 Å². The fourth-order valence-corrected chi connectivity index (χ4v) is 3.43. The second-order valence-corrected chi connectivity index (χ2v) is 7.75. The number of anilines is 2. The van der Waals surface area contributed by atoms with Gasteiger partial charge in [-0.2, -0.15) is 0 Å². The number of amides is 2. The number of aromatic nitrogens is 2. The predicted molar refractivity (Wildman–Crippen MR) is 115 cm³/mol. The average Bonchev–Trinajstić information content (AvgIpc) is 3.39. The van der Waals surface area contributed by atoms with Crippen LogP contribution in [0.15, 0.2) is 59.0 Å². The van der Waals surface area contributed by atoms with Gasteiger partial charge in [0.1, 0.15) is 5.75 Å². The Morgan fingerprint density at radius 2 is 1.90 bits per heavy atom. The molecule has 4 rings (SSSR count). The summed E-state index contributed by atoms with van der Waals surface area (Å²) in [5.74, 6) is 0.734. The molecule has 8 nitrogen and oxygen atoms in total. The first-order valence-corrected chi connectivity index (χ1v) is 10.2. The van der Waals surface area contributed by atoms with Crippen molar-refractivity contribution in [1.82, 2.24) is 10.2 Å². The zero-order valence-electron chi connectivity index (χ0n) is 17.4. The van der Waals surface area contributed by atoms with Gasteiger partial charge in [0.2, 0.25) is 11.8 Å². The Morgan fingerprint density at radius 1 is 1.16 bits per heavy atom. The predicted octanol–water partition coefficient (Wildman–Crippen LogP) is 3.73. The summed E-state index contributed by atoms with van der Waals surface area (Å²) in [7, 11) is 0. The van der Waals surface area contributed by atoms with E-state index in [1.807, 2.05) is 54.6 Å². The zero-order chi connectivity index (χ0) is 21.8. The van der Waals surface area contributed by atoms with E-state index in [2.05, 4.69) is 29.4 Å². The van der Waals surface area contributed by atoms with E-state index in [0.717, 1.165) is 5.69 Å². The minimum Gasteiger partial charge on any atom is -0.484 e. The molecular weight excluding hydrogens is 396 g/mol. The summed E-state index contributed by atoms with van der Waals surface area (Å²) >= 11 is 0. The maximum absolute atomic E-state index is 12.4. The molecule has 1 saturated heterocycles. The molecule has 8 heteroatoms. The first kappa shape index (κ1) is 20.6. The third-order valence-corrected chi connectivity index (χ3v) is 5.15. The van der Waals surface area contributed by atoms with E-state index in [1.165, 1.54) is 5.56 Å². The number of benzene rings is 2. The Labute approximate surface area is 180 Å². The number of hydrogen-bond acceptors (Lipinski definition) is 6. The molecular formula is C23H24N4O4. The molecule has 1 N–H and O–H groups in total. The van der Waals surface area contributed by atoms with Crippen LogP contribution in [0.2, 0.25) is 0 Å². The molecule has 1 aliphatic rings. The summed E-state index contributed by atoms with van der Waals surface area (Å²) in [6, 6.07) is 17.1. The lowest BCUT2D eigenvalue weighted by Crippen LogP contribution is -2.24. The van der Waals surface area contributed by atoms with Crippen LogP contribution in [0.1, 0.15) is 43.6 Å². The summed E-state index contributed by atoms with van der Waals surface area (Å²) in [6.07, 6.45) is 0.278. The third-order valence-electron chi connectivity index (χ3n) is 5.15. The van der Waals surface area contributed by atoms with Crippen molar-refractivity contribution in [2.24, 2.45) is 0 Å². The number of hydrogen-bond donors (Lipinski definition) is 1. The van der Waals surface area contributed by atoms with Crippen LogP contribution in [0.5, 0.6) is 5.75 Å². The van der Waals surface area contributed by atoms with Crippen LogP contribution >= 0.6 is 0 Å². The third kappa shape index (κ3) is 4.91. The van der Waals surface area contributed by atoms with E-state index in [-0.39, 0.29) is 30.9 Å². The Balaban J connectivity index is 1.31. The molecule has 0 radical (unpaired) electrons. The monoisotopic (exact) mass is 420 g/mol. The summed E-state index contributed by atoms with van der Waals surface area (Å²) in [5, 5.41) is 10.4. The molecule has 3 aromatic rings. The van der Waals surface area contributed by atoms with E-state index in [0.29, 0.717) is 24.1 Å². The molecule has 0 aliphatic carbocycles. The largest absolute Gasteiger partial charge is 0.484 e. The fourth-order valence-electron chi connectivity index (χ4n) is 3.43. The number of nitrogens with one attached hydrogen (secondary N) is 1. The van der Waals surface area contributed by atoms with Crippen LogP contribution in [-0.4, -0.2) is 35.2 Å². The summed E-state index contributed by atoms with van der Waals surface area (Å²) in [4.78, 5) is 26.2. The quantitative estimate of drug-likeness (QED) is 0.625. The molecule has 1 aromatic heterocycles. The number of para-hydroxylation sites is 1. The van der Waals surface area contributed by atoms with Crippen molar-refractivity contribution in [3.05, 3.63) is 66.1 Å². The maximum Gasteiger partial charge on any atom is 0.322 e.